The molecule has 1 N–H and O–H groups in total. The lowest BCUT2D eigenvalue weighted by Crippen LogP contribution is -2.50. The van der Waals surface area contributed by atoms with Gasteiger partial charge in [-0.2, -0.15) is 5.26 Å². The number of benzene rings is 3. The molecule has 1 aliphatic rings. The highest BCUT2D eigenvalue weighted by atomic mass is 16.5. The topological polar surface area (TPSA) is 68.6 Å². The molecule has 1 aliphatic heterocycles. The third-order valence-electron chi connectivity index (χ3n) is 5.02. The zero-order chi connectivity index (χ0) is 20.8. The van der Waals surface area contributed by atoms with Gasteiger partial charge in [-0.3, -0.25) is 0 Å². The quantitative estimate of drug-likeness (QED) is 0.691. The fraction of sp³-hybridized carbons (Fsp3) is 0.167. The summed E-state index contributed by atoms with van der Waals surface area (Å²) in [5, 5.41) is 12.2. The number of nitrogens with one attached hydrogen (secondary N) is 1. The smallest absolute Gasteiger partial charge is 0.321 e. The van der Waals surface area contributed by atoms with E-state index in [9.17, 15) is 10.1 Å². The van der Waals surface area contributed by atoms with Gasteiger partial charge in [-0.25, -0.2) is 4.79 Å². The van der Waals surface area contributed by atoms with E-state index in [0.717, 1.165) is 17.1 Å². The number of hydrogen-bond acceptors (Lipinski definition) is 4. The minimum atomic E-state index is -0.125. The highest BCUT2D eigenvalue weighted by Crippen LogP contribution is 2.24. The number of nitriles is 1. The number of anilines is 2. The van der Waals surface area contributed by atoms with Crippen molar-refractivity contribution in [1.82, 2.24) is 4.90 Å². The number of hydrogen-bond donors (Lipinski definition) is 1. The summed E-state index contributed by atoms with van der Waals surface area (Å²) in [5.74, 6) is 1.48. The number of urea groups is 1. The van der Waals surface area contributed by atoms with Crippen LogP contribution in [-0.4, -0.2) is 37.1 Å². The second kappa shape index (κ2) is 9.01. The van der Waals surface area contributed by atoms with Crippen LogP contribution in [0.5, 0.6) is 11.5 Å². The fourth-order valence-corrected chi connectivity index (χ4v) is 3.43. The molecule has 1 fully saturated rings. The number of ether oxygens (including phenoxy) is 1. The third-order valence-corrected chi connectivity index (χ3v) is 5.02. The molecule has 2 amide bonds. The molecule has 3 aromatic carbocycles. The average Bonchev–Trinajstić information content (AvgIpc) is 2.81. The van der Waals surface area contributed by atoms with Crippen LogP contribution in [-0.2, 0) is 0 Å². The van der Waals surface area contributed by atoms with Gasteiger partial charge in [-0.05, 0) is 48.5 Å². The maximum Gasteiger partial charge on any atom is 0.321 e. The number of carbonyl (C=O) groups is 1. The summed E-state index contributed by atoms with van der Waals surface area (Å²) in [7, 11) is 0. The third kappa shape index (κ3) is 4.53. The van der Waals surface area contributed by atoms with Crippen molar-refractivity contribution in [2.24, 2.45) is 0 Å². The molecule has 150 valence electrons. The van der Waals surface area contributed by atoms with Crippen molar-refractivity contribution in [3.05, 3.63) is 84.4 Å². The molecule has 0 saturated carbocycles. The van der Waals surface area contributed by atoms with Gasteiger partial charge >= 0.3 is 6.03 Å². The lowest BCUT2D eigenvalue weighted by molar-refractivity contribution is 0.208. The Morgan fingerprint density at radius 3 is 2.17 bits per heavy atom. The van der Waals surface area contributed by atoms with Gasteiger partial charge in [0, 0.05) is 31.9 Å². The Balaban J connectivity index is 1.31. The van der Waals surface area contributed by atoms with Gasteiger partial charge in [0.2, 0.25) is 0 Å². The van der Waals surface area contributed by atoms with Crippen LogP contribution in [0.15, 0.2) is 78.9 Å². The standard InChI is InChI=1S/C24H22N4O2/c25-18-19-6-4-5-9-23(19)27-14-16-28(17-15-27)24(29)26-20-10-12-22(13-11-20)30-21-7-2-1-3-8-21/h1-13H,14-17H2,(H,26,29). The molecule has 1 heterocycles. The molecule has 1 saturated heterocycles. The maximum absolute atomic E-state index is 12.6. The minimum absolute atomic E-state index is 0.125. The molecule has 0 aliphatic carbocycles. The van der Waals surface area contributed by atoms with Crippen LogP contribution >= 0.6 is 0 Å². The Bertz CT molecular complexity index is 1040. The van der Waals surface area contributed by atoms with Crippen LogP contribution in [0.25, 0.3) is 0 Å². The predicted octanol–water partition coefficient (Wildman–Crippen LogP) is 4.70. The Kier molecular flexibility index (Phi) is 5.81. The van der Waals surface area contributed by atoms with Crippen LogP contribution in [0.4, 0.5) is 16.2 Å². The molecule has 0 bridgehead atoms. The molecule has 0 aromatic heterocycles. The van der Waals surface area contributed by atoms with Gasteiger partial charge in [-0.1, -0.05) is 30.3 Å². The van der Waals surface area contributed by atoms with E-state index in [4.69, 9.17) is 4.74 Å². The van der Waals surface area contributed by atoms with E-state index in [1.165, 1.54) is 0 Å². The van der Waals surface area contributed by atoms with E-state index in [1.807, 2.05) is 78.9 Å². The monoisotopic (exact) mass is 398 g/mol. The number of amides is 2. The second-order valence-electron chi connectivity index (χ2n) is 6.97. The van der Waals surface area contributed by atoms with E-state index in [2.05, 4.69) is 16.3 Å². The van der Waals surface area contributed by atoms with Crippen LogP contribution in [0.3, 0.4) is 0 Å². The first-order valence-electron chi connectivity index (χ1n) is 9.86. The van der Waals surface area contributed by atoms with Crippen LogP contribution < -0.4 is 15.0 Å². The summed E-state index contributed by atoms with van der Waals surface area (Å²) in [4.78, 5) is 16.6. The molecule has 0 spiro atoms. The summed E-state index contributed by atoms with van der Waals surface area (Å²) in [6.45, 7) is 2.58. The Labute approximate surface area is 175 Å². The highest BCUT2D eigenvalue weighted by molar-refractivity contribution is 5.89. The molecule has 30 heavy (non-hydrogen) atoms. The molecule has 3 aromatic rings. The molecular formula is C24H22N4O2. The zero-order valence-corrected chi connectivity index (χ0v) is 16.5. The van der Waals surface area contributed by atoms with Crippen LogP contribution in [0.1, 0.15) is 5.56 Å². The molecule has 6 heteroatoms. The van der Waals surface area contributed by atoms with E-state index in [1.54, 1.807) is 4.90 Å². The zero-order valence-electron chi connectivity index (χ0n) is 16.5. The molecule has 6 nitrogen and oxygen atoms in total. The van der Waals surface area contributed by atoms with Crippen molar-refractivity contribution in [3.63, 3.8) is 0 Å². The lowest BCUT2D eigenvalue weighted by atomic mass is 10.1. The first-order chi connectivity index (χ1) is 14.7. The first-order valence-corrected chi connectivity index (χ1v) is 9.86. The van der Waals surface area contributed by atoms with Gasteiger partial charge < -0.3 is 19.9 Å². The van der Waals surface area contributed by atoms with Gasteiger partial charge in [0.05, 0.1) is 11.3 Å². The van der Waals surface area contributed by atoms with Crippen molar-refractivity contribution in [2.45, 2.75) is 0 Å². The summed E-state index contributed by atoms with van der Waals surface area (Å²) in [6, 6.07) is 26.6. The molecule has 0 unspecified atom stereocenters. The van der Waals surface area contributed by atoms with Crippen molar-refractivity contribution in [3.8, 4) is 17.6 Å². The van der Waals surface area contributed by atoms with E-state index >= 15 is 0 Å². The van der Waals surface area contributed by atoms with Gasteiger partial charge in [-0.15, -0.1) is 0 Å². The summed E-state index contributed by atoms with van der Waals surface area (Å²) >= 11 is 0. The van der Waals surface area contributed by atoms with Gasteiger partial charge in [0.1, 0.15) is 17.6 Å². The summed E-state index contributed by atoms with van der Waals surface area (Å²) in [5.41, 5.74) is 2.31. The normalized spacial score (nSPS) is 13.4. The van der Waals surface area contributed by atoms with E-state index < -0.39 is 0 Å². The maximum atomic E-state index is 12.6. The first kappa shape index (κ1) is 19.3. The molecule has 0 radical (unpaired) electrons. The lowest BCUT2D eigenvalue weighted by Gasteiger charge is -2.36. The number of rotatable bonds is 4. The predicted molar refractivity (Wildman–Crippen MR) is 117 cm³/mol. The summed E-state index contributed by atoms with van der Waals surface area (Å²) in [6.07, 6.45) is 0. The Hall–Kier alpha value is -3.98. The van der Waals surface area contributed by atoms with Crippen molar-refractivity contribution < 1.29 is 9.53 Å². The molecule has 0 atom stereocenters. The number of para-hydroxylation sites is 2. The van der Waals surface area contributed by atoms with Gasteiger partial charge in [0.15, 0.2) is 0 Å². The van der Waals surface area contributed by atoms with E-state index in [0.29, 0.717) is 37.5 Å². The Morgan fingerprint density at radius 2 is 1.47 bits per heavy atom. The Morgan fingerprint density at radius 1 is 0.833 bits per heavy atom. The van der Waals surface area contributed by atoms with Crippen molar-refractivity contribution in [1.29, 1.82) is 5.26 Å². The SMILES string of the molecule is N#Cc1ccccc1N1CCN(C(=O)Nc2ccc(Oc3ccccc3)cc2)CC1. The fourth-order valence-electron chi connectivity index (χ4n) is 3.43. The second-order valence-corrected chi connectivity index (χ2v) is 6.97. The van der Waals surface area contributed by atoms with E-state index in [-0.39, 0.29) is 6.03 Å². The molecular weight excluding hydrogens is 376 g/mol. The number of carbonyl (C=O) groups excluding carboxylic acids is 1. The summed E-state index contributed by atoms with van der Waals surface area (Å²) < 4.78 is 5.78. The number of nitrogens with zero attached hydrogens (tertiary/aromatic N) is 3. The molecule has 4 rings (SSSR count). The number of piperazine rings is 1. The van der Waals surface area contributed by atoms with Crippen LogP contribution in [0.2, 0.25) is 0 Å². The van der Waals surface area contributed by atoms with Crippen molar-refractivity contribution >= 4 is 17.4 Å². The average molecular weight is 398 g/mol. The van der Waals surface area contributed by atoms with Gasteiger partial charge in [0.25, 0.3) is 0 Å². The largest absolute Gasteiger partial charge is 0.457 e. The highest BCUT2D eigenvalue weighted by Gasteiger charge is 2.22. The van der Waals surface area contributed by atoms with Crippen LogP contribution in [0, 0.1) is 11.3 Å². The minimum Gasteiger partial charge on any atom is -0.457 e. The van der Waals surface area contributed by atoms with Crippen molar-refractivity contribution in [2.75, 3.05) is 36.4 Å².